The van der Waals surface area contributed by atoms with Crippen molar-refractivity contribution >= 4 is 17.7 Å². The van der Waals surface area contributed by atoms with Crippen LogP contribution in [0.1, 0.15) is 37.0 Å². The lowest BCUT2D eigenvalue weighted by molar-refractivity contribution is -0.118. The Hall–Kier alpha value is -1.89. The number of rotatable bonds is 6. The van der Waals surface area contributed by atoms with Crippen LogP contribution in [0.3, 0.4) is 0 Å². The summed E-state index contributed by atoms with van der Waals surface area (Å²) in [7, 11) is 0. The third-order valence-corrected chi connectivity index (χ3v) is 3.99. The summed E-state index contributed by atoms with van der Waals surface area (Å²) in [6.07, 6.45) is 0. The molecule has 0 spiro atoms. The van der Waals surface area contributed by atoms with Crippen LogP contribution in [-0.2, 0) is 17.1 Å². The van der Waals surface area contributed by atoms with Crippen molar-refractivity contribution in [3.05, 3.63) is 35.4 Å². The van der Waals surface area contributed by atoms with Gasteiger partial charge in [0.25, 0.3) is 0 Å². The molecule has 0 fully saturated rings. The van der Waals surface area contributed by atoms with E-state index in [9.17, 15) is 4.79 Å². The zero-order valence-electron chi connectivity index (χ0n) is 12.4. The molecule has 1 amide bonds. The third-order valence-electron chi connectivity index (χ3n) is 2.98. The molecule has 0 aliphatic carbocycles. The molecule has 21 heavy (non-hydrogen) atoms. The van der Waals surface area contributed by atoms with E-state index in [1.807, 2.05) is 18.2 Å². The van der Waals surface area contributed by atoms with E-state index in [1.165, 1.54) is 11.8 Å². The molecule has 0 unspecified atom stereocenters. The molecule has 2 rings (SSSR count). The van der Waals surface area contributed by atoms with Gasteiger partial charge in [-0.1, -0.05) is 31.7 Å². The monoisotopic (exact) mass is 305 g/mol. The molecular formula is C14H19N5OS. The lowest BCUT2D eigenvalue weighted by Crippen LogP contribution is -2.20. The molecule has 112 valence electrons. The van der Waals surface area contributed by atoms with Crippen molar-refractivity contribution in [2.24, 2.45) is 5.73 Å². The third kappa shape index (κ3) is 4.04. The Morgan fingerprint density at radius 1 is 1.38 bits per heavy atom. The van der Waals surface area contributed by atoms with Gasteiger partial charge < -0.3 is 5.73 Å². The number of hydrogen-bond acceptors (Lipinski definition) is 5. The summed E-state index contributed by atoms with van der Waals surface area (Å²) in [4.78, 5) is 15.7. The summed E-state index contributed by atoms with van der Waals surface area (Å²) >= 11 is 1.50. The van der Waals surface area contributed by atoms with Crippen LogP contribution in [0.25, 0.3) is 0 Å². The number of nitrogens with two attached hydrogens (primary N) is 1. The van der Waals surface area contributed by atoms with Crippen molar-refractivity contribution in [2.75, 3.05) is 0 Å². The number of primary amides is 1. The molecule has 6 nitrogen and oxygen atoms in total. The molecule has 0 atom stereocenters. The highest BCUT2D eigenvalue weighted by Gasteiger charge is 2.12. The highest BCUT2D eigenvalue weighted by Crippen LogP contribution is 2.22. The molecule has 0 bridgehead atoms. The Bertz CT molecular complexity index is 638. The van der Waals surface area contributed by atoms with Crippen molar-refractivity contribution in [1.29, 1.82) is 0 Å². The van der Waals surface area contributed by atoms with Gasteiger partial charge in [-0.15, -0.1) is 10.2 Å². The number of pyridine rings is 1. The average molecular weight is 305 g/mol. The van der Waals surface area contributed by atoms with Crippen LogP contribution >= 0.6 is 11.8 Å². The number of hydrogen-bond donors (Lipinski definition) is 1. The zero-order valence-corrected chi connectivity index (χ0v) is 13.2. The van der Waals surface area contributed by atoms with Gasteiger partial charge in [0.1, 0.15) is 12.4 Å². The standard InChI is InChI=1S/C14H19N5OS/c1-9(2)12-6-4-5-11(16-12)8-21-14-18-17-10(3)19(14)7-13(15)20/h4-6,9H,7-8H2,1-3H3,(H2,15,20). The summed E-state index contributed by atoms with van der Waals surface area (Å²) in [5.74, 6) is 1.35. The first-order valence-corrected chi connectivity index (χ1v) is 7.72. The molecule has 0 aliphatic rings. The van der Waals surface area contributed by atoms with Gasteiger partial charge in [-0.2, -0.15) is 0 Å². The van der Waals surface area contributed by atoms with Crippen LogP contribution in [0.15, 0.2) is 23.4 Å². The Morgan fingerprint density at radius 3 is 2.81 bits per heavy atom. The molecular weight excluding hydrogens is 286 g/mol. The van der Waals surface area contributed by atoms with Crippen LogP contribution in [0.5, 0.6) is 0 Å². The zero-order chi connectivity index (χ0) is 15.4. The minimum atomic E-state index is -0.403. The van der Waals surface area contributed by atoms with Gasteiger partial charge in [0.2, 0.25) is 5.91 Å². The summed E-state index contributed by atoms with van der Waals surface area (Å²) in [5, 5.41) is 8.76. The lowest BCUT2D eigenvalue weighted by atomic mass is 10.1. The van der Waals surface area contributed by atoms with Crippen LogP contribution in [-0.4, -0.2) is 25.7 Å². The van der Waals surface area contributed by atoms with E-state index in [4.69, 9.17) is 5.73 Å². The number of thioether (sulfide) groups is 1. The number of aromatic nitrogens is 4. The van der Waals surface area contributed by atoms with Crippen LogP contribution in [0, 0.1) is 6.92 Å². The average Bonchev–Trinajstić information content (AvgIpc) is 2.77. The molecule has 0 radical (unpaired) electrons. The molecule has 2 heterocycles. The first-order valence-electron chi connectivity index (χ1n) is 6.74. The summed E-state index contributed by atoms with van der Waals surface area (Å²) in [5.41, 5.74) is 7.30. The van der Waals surface area contributed by atoms with Crippen molar-refractivity contribution < 1.29 is 4.79 Å². The van der Waals surface area contributed by atoms with Crippen molar-refractivity contribution in [3.8, 4) is 0 Å². The Kier molecular flexibility index (Phi) is 4.95. The van der Waals surface area contributed by atoms with E-state index in [-0.39, 0.29) is 6.54 Å². The van der Waals surface area contributed by atoms with Gasteiger partial charge in [0.15, 0.2) is 5.16 Å². The number of nitrogens with zero attached hydrogens (tertiary/aromatic N) is 4. The van der Waals surface area contributed by atoms with Crippen molar-refractivity contribution in [2.45, 2.75) is 44.1 Å². The van der Waals surface area contributed by atoms with Gasteiger partial charge in [-0.25, -0.2) is 0 Å². The molecule has 0 aromatic carbocycles. The summed E-state index contributed by atoms with van der Waals surface area (Å²) < 4.78 is 1.72. The van der Waals surface area contributed by atoms with E-state index in [2.05, 4.69) is 29.0 Å². The van der Waals surface area contributed by atoms with E-state index in [0.717, 1.165) is 11.4 Å². The molecule has 0 aliphatic heterocycles. The summed E-state index contributed by atoms with van der Waals surface area (Å²) in [6, 6.07) is 6.02. The minimum absolute atomic E-state index is 0.0978. The number of carbonyl (C=O) groups is 1. The van der Waals surface area contributed by atoms with Crippen LogP contribution in [0.2, 0.25) is 0 Å². The van der Waals surface area contributed by atoms with E-state index in [1.54, 1.807) is 11.5 Å². The second-order valence-corrected chi connectivity index (χ2v) is 6.02. The van der Waals surface area contributed by atoms with E-state index >= 15 is 0 Å². The normalized spacial score (nSPS) is 11.0. The topological polar surface area (TPSA) is 86.7 Å². The fourth-order valence-corrected chi connectivity index (χ4v) is 2.73. The second kappa shape index (κ2) is 6.71. The van der Waals surface area contributed by atoms with Gasteiger partial charge in [-0.3, -0.25) is 14.3 Å². The predicted octanol–water partition coefficient (Wildman–Crippen LogP) is 1.88. The fourth-order valence-electron chi connectivity index (χ4n) is 1.84. The molecule has 0 saturated heterocycles. The van der Waals surface area contributed by atoms with Gasteiger partial charge in [0.05, 0.1) is 5.69 Å². The Balaban J connectivity index is 2.10. The van der Waals surface area contributed by atoms with Crippen molar-refractivity contribution in [3.63, 3.8) is 0 Å². The maximum absolute atomic E-state index is 11.1. The van der Waals surface area contributed by atoms with Crippen LogP contribution in [0.4, 0.5) is 0 Å². The fraction of sp³-hybridized carbons (Fsp3) is 0.429. The molecule has 7 heteroatoms. The minimum Gasteiger partial charge on any atom is -0.368 e. The molecule has 0 saturated carbocycles. The van der Waals surface area contributed by atoms with Gasteiger partial charge in [0, 0.05) is 11.4 Å². The first kappa shape index (κ1) is 15.5. The molecule has 2 N–H and O–H groups in total. The van der Waals surface area contributed by atoms with Gasteiger partial charge >= 0.3 is 0 Å². The quantitative estimate of drug-likeness (QED) is 0.823. The Morgan fingerprint density at radius 2 is 2.14 bits per heavy atom. The van der Waals surface area contributed by atoms with E-state index in [0.29, 0.717) is 22.7 Å². The number of carbonyl (C=O) groups excluding carboxylic acids is 1. The number of amides is 1. The SMILES string of the molecule is Cc1nnc(SCc2cccc(C(C)C)n2)n1CC(N)=O. The molecule has 2 aromatic rings. The van der Waals surface area contributed by atoms with E-state index < -0.39 is 5.91 Å². The largest absolute Gasteiger partial charge is 0.368 e. The van der Waals surface area contributed by atoms with Crippen LogP contribution < -0.4 is 5.73 Å². The second-order valence-electron chi connectivity index (χ2n) is 5.08. The first-order chi connectivity index (χ1) is 9.97. The predicted molar refractivity (Wildman–Crippen MR) is 81.8 cm³/mol. The number of aryl methyl sites for hydroxylation is 1. The maximum Gasteiger partial charge on any atom is 0.237 e. The highest BCUT2D eigenvalue weighted by atomic mass is 32.2. The highest BCUT2D eigenvalue weighted by molar-refractivity contribution is 7.98. The summed E-state index contributed by atoms with van der Waals surface area (Å²) in [6.45, 7) is 6.14. The maximum atomic E-state index is 11.1. The molecule has 2 aromatic heterocycles. The lowest BCUT2D eigenvalue weighted by Gasteiger charge is -2.08. The van der Waals surface area contributed by atoms with Gasteiger partial charge in [-0.05, 0) is 25.0 Å². The Labute approximate surface area is 128 Å². The van der Waals surface area contributed by atoms with Crippen molar-refractivity contribution in [1.82, 2.24) is 19.7 Å². The smallest absolute Gasteiger partial charge is 0.237 e.